The summed E-state index contributed by atoms with van der Waals surface area (Å²) in [6, 6.07) is 6.04. The molecule has 2 fully saturated rings. The summed E-state index contributed by atoms with van der Waals surface area (Å²) >= 11 is 0. The summed E-state index contributed by atoms with van der Waals surface area (Å²) in [4.78, 5) is 28.0. The van der Waals surface area contributed by atoms with Crippen LogP contribution < -0.4 is 9.47 Å². The molecular formula is C20H27ClN2O5. The van der Waals surface area contributed by atoms with Crippen molar-refractivity contribution in [3.63, 3.8) is 0 Å². The topological polar surface area (TPSA) is 79.3 Å². The minimum absolute atomic E-state index is 0. The van der Waals surface area contributed by atoms with Crippen LogP contribution in [0.5, 0.6) is 11.5 Å². The lowest BCUT2D eigenvalue weighted by Gasteiger charge is -2.32. The number of carboxylic acid groups (broad SMARTS) is 1. The van der Waals surface area contributed by atoms with Crippen molar-refractivity contribution in [2.75, 3.05) is 39.4 Å². The molecule has 1 atom stereocenters. The van der Waals surface area contributed by atoms with Gasteiger partial charge in [-0.25, -0.2) is 0 Å². The molecule has 0 radical (unpaired) electrons. The molecule has 3 aliphatic rings. The van der Waals surface area contributed by atoms with Crippen molar-refractivity contribution in [1.82, 2.24) is 9.80 Å². The summed E-state index contributed by atoms with van der Waals surface area (Å²) < 4.78 is 11.3. The Morgan fingerprint density at radius 1 is 1.04 bits per heavy atom. The van der Waals surface area contributed by atoms with E-state index in [9.17, 15) is 9.59 Å². The Labute approximate surface area is 171 Å². The average Bonchev–Trinajstić information content (AvgIpc) is 3.18. The average molecular weight is 411 g/mol. The number of fused-ring (bicyclic) bond motifs is 1. The fourth-order valence-corrected chi connectivity index (χ4v) is 4.30. The second kappa shape index (κ2) is 9.01. The van der Waals surface area contributed by atoms with Crippen LogP contribution in [0, 0.1) is 5.92 Å². The number of rotatable bonds is 4. The normalized spacial score (nSPS) is 22.6. The first-order valence-corrected chi connectivity index (χ1v) is 9.76. The number of hydrogen-bond acceptors (Lipinski definition) is 5. The van der Waals surface area contributed by atoms with E-state index in [-0.39, 0.29) is 30.3 Å². The molecule has 4 rings (SSSR count). The van der Waals surface area contributed by atoms with Gasteiger partial charge in [0, 0.05) is 6.54 Å². The van der Waals surface area contributed by atoms with Crippen molar-refractivity contribution < 1.29 is 24.2 Å². The van der Waals surface area contributed by atoms with E-state index in [2.05, 4.69) is 4.90 Å². The van der Waals surface area contributed by atoms with Gasteiger partial charge in [-0.15, -0.1) is 12.4 Å². The van der Waals surface area contributed by atoms with Crippen LogP contribution in [0.2, 0.25) is 0 Å². The lowest BCUT2D eigenvalue weighted by atomic mass is 9.97. The number of carboxylic acids is 1. The van der Waals surface area contributed by atoms with Gasteiger partial charge in [0.2, 0.25) is 5.91 Å². The third-order valence-corrected chi connectivity index (χ3v) is 5.82. The zero-order valence-corrected chi connectivity index (χ0v) is 16.7. The van der Waals surface area contributed by atoms with Gasteiger partial charge in [0.25, 0.3) is 0 Å². The van der Waals surface area contributed by atoms with Crippen LogP contribution in [0.3, 0.4) is 0 Å². The minimum Gasteiger partial charge on any atom is -0.486 e. The molecular weight excluding hydrogens is 384 g/mol. The van der Waals surface area contributed by atoms with Crippen molar-refractivity contribution in [2.24, 2.45) is 5.92 Å². The monoisotopic (exact) mass is 410 g/mol. The molecule has 1 aromatic rings. The van der Waals surface area contributed by atoms with E-state index >= 15 is 0 Å². The Morgan fingerprint density at radius 2 is 1.75 bits per heavy atom. The fraction of sp³-hybridized carbons (Fsp3) is 0.600. The van der Waals surface area contributed by atoms with Crippen LogP contribution >= 0.6 is 12.4 Å². The molecule has 2 saturated heterocycles. The highest BCUT2D eigenvalue weighted by Crippen LogP contribution is 2.38. The maximum Gasteiger partial charge on any atom is 0.306 e. The first-order valence-electron chi connectivity index (χ1n) is 9.76. The SMILES string of the molecule is Cl.O=C(O)C1CCN(CC(=O)N2CCCC2c2ccc3c(c2)OCCO3)CC1. The Hall–Kier alpha value is -1.99. The van der Waals surface area contributed by atoms with Crippen molar-refractivity contribution in [3.05, 3.63) is 23.8 Å². The minimum atomic E-state index is -0.723. The van der Waals surface area contributed by atoms with E-state index in [1.807, 2.05) is 23.1 Å². The van der Waals surface area contributed by atoms with Gasteiger partial charge in [-0.05, 0) is 56.5 Å². The van der Waals surface area contributed by atoms with Gasteiger partial charge >= 0.3 is 5.97 Å². The van der Waals surface area contributed by atoms with E-state index in [4.69, 9.17) is 14.6 Å². The summed E-state index contributed by atoms with van der Waals surface area (Å²) in [5.74, 6) is 0.657. The van der Waals surface area contributed by atoms with E-state index in [1.54, 1.807) is 0 Å². The number of benzene rings is 1. The Balaban J connectivity index is 0.00000225. The predicted molar refractivity (Wildman–Crippen MR) is 105 cm³/mol. The molecule has 154 valence electrons. The first kappa shape index (κ1) is 20.7. The van der Waals surface area contributed by atoms with Crippen molar-refractivity contribution >= 4 is 24.3 Å². The zero-order chi connectivity index (χ0) is 18.8. The largest absolute Gasteiger partial charge is 0.486 e. The fourth-order valence-electron chi connectivity index (χ4n) is 4.30. The molecule has 0 spiro atoms. The molecule has 0 bridgehead atoms. The summed E-state index contributed by atoms with van der Waals surface area (Å²) in [5, 5.41) is 9.11. The number of ether oxygens (including phenoxy) is 2. The molecule has 0 aliphatic carbocycles. The molecule has 3 aliphatic heterocycles. The number of halogens is 1. The second-order valence-corrected chi connectivity index (χ2v) is 7.54. The van der Waals surface area contributed by atoms with Crippen LogP contribution in [0.1, 0.15) is 37.3 Å². The van der Waals surface area contributed by atoms with Gasteiger partial charge in [-0.2, -0.15) is 0 Å². The quantitative estimate of drug-likeness (QED) is 0.820. The van der Waals surface area contributed by atoms with Crippen molar-refractivity contribution in [3.8, 4) is 11.5 Å². The van der Waals surface area contributed by atoms with E-state index in [1.165, 1.54) is 0 Å². The maximum atomic E-state index is 12.9. The Kier molecular flexibility index (Phi) is 6.67. The third kappa shape index (κ3) is 4.36. The molecule has 1 unspecified atom stereocenters. The van der Waals surface area contributed by atoms with Gasteiger partial charge in [-0.3, -0.25) is 14.5 Å². The van der Waals surface area contributed by atoms with Crippen molar-refractivity contribution in [1.29, 1.82) is 0 Å². The first-order chi connectivity index (χ1) is 13.1. The lowest BCUT2D eigenvalue weighted by molar-refractivity contribution is -0.143. The summed E-state index contributed by atoms with van der Waals surface area (Å²) in [7, 11) is 0. The smallest absolute Gasteiger partial charge is 0.306 e. The van der Waals surface area contributed by atoms with Crippen LogP contribution in [0.25, 0.3) is 0 Å². The molecule has 7 nitrogen and oxygen atoms in total. The molecule has 28 heavy (non-hydrogen) atoms. The zero-order valence-electron chi connectivity index (χ0n) is 15.8. The Bertz CT molecular complexity index is 721. The van der Waals surface area contributed by atoms with Crippen molar-refractivity contribution in [2.45, 2.75) is 31.7 Å². The molecule has 1 amide bonds. The van der Waals surface area contributed by atoms with Crippen LogP contribution in [-0.2, 0) is 9.59 Å². The summed E-state index contributed by atoms with van der Waals surface area (Å²) in [6.45, 7) is 3.60. The van der Waals surface area contributed by atoms with Gasteiger partial charge in [-0.1, -0.05) is 6.07 Å². The second-order valence-electron chi connectivity index (χ2n) is 7.54. The number of carbonyl (C=O) groups excluding carboxylic acids is 1. The highest BCUT2D eigenvalue weighted by molar-refractivity contribution is 5.85. The van der Waals surface area contributed by atoms with Gasteiger partial charge in [0.1, 0.15) is 13.2 Å². The molecule has 3 heterocycles. The number of aliphatic carboxylic acids is 1. The number of hydrogen-bond donors (Lipinski definition) is 1. The predicted octanol–water partition coefficient (Wildman–Crippen LogP) is 2.34. The number of nitrogens with zero attached hydrogens (tertiary/aromatic N) is 2. The molecule has 0 saturated carbocycles. The summed E-state index contributed by atoms with van der Waals surface area (Å²) in [6.07, 6.45) is 3.18. The highest BCUT2D eigenvalue weighted by atomic mass is 35.5. The Morgan fingerprint density at radius 3 is 2.46 bits per heavy atom. The molecule has 0 aromatic heterocycles. The number of amides is 1. The van der Waals surface area contributed by atoms with E-state index in [0.717, 1.165) is 36.4 Å². The maximum absolute atomic E-state index is 12.9. The molecule has 1 N–H and O–H groups in total. The number of carbonyl (C=O) groups is 2. The van der Waals surface area contributed by atoms with Gasteiger partial charge < -0.3 is 19.5 Å². The van der Waals surface area contributed by atoms with Crippen LogP contribution in [0.15, 0.2) is 18.2 Å². The van der Waals surface area contributed by atoms with Crippen LogP contribution in [-0.4, -0.2) is 66.2 Å². The highest BCUT2D eigenvalue weighted by Gasteiger charge is 2.33. The lowest BCUT2D eigenvalue weighted by Crippen LogP contribution is -2.44. The number of likely N-dealkylation sites (tertiary alicyclic amines) is 2. The number of piperidine rings is 1. The van der Waals surface area contributed by atoms with E-state index in [0.29, 0.717) is 45.7 Å². The third-order valence-electron chi connectivity index (χ3n) is 5.82. The van der Waals surface area contributed by atoms with Gasteiger partial charge in [0.15, 0.2) is 11.5 Å². The summed E-state index contributed by atoms with van der Waals surface area (Å²) in [5.41, 5.74) is 1.09. The van der Waals surface area contributed by atoms with Gasteiger partial charge in [0.05, 0.1) is 18.5 Å². The van der Waals surface area contributed by atoms with E-state index < -0.39 is 5.97 Å². The standard InChI is InChI=1S/C20H26N2O5.ClH/c23-19(13-21-8-5-14(6-9-21)20(24)25)22-7-1-2-16(22)15-3-4-17-18(12-15)27-11-10-26-17;/h3-4,12,14,16H,1-2,5-11,13H2,(H,24,25);1H. The van der Waals surface area contributed by atoms with Crippen LogP contribution in [0.4, 0.5) is 0 Å². The molecule has 8 heteroatoms. The molecule has 1 aromatic carbocycles.